The molecule has 0 bridgehead atoms. The number of rotatable bonds is 4. The maximum absolute atomic E-state index is 12.5. The van der Waals surface area contributed by atoms with Gasteiger partial charge in [-0.25, -0.2) is 4.98 Å². The summed E-state index contributed by atoms with van der Waals surface area (Å²) < 4.78 is 4.99. The number of pyridine rings is 1. The predicted octanol–water partition coefficient (Wildman–Crippen LogP) is 1.96. The van der Waals surface area contributed by atoms with Crippen LogP contribution in [0.1, 0.15) is 10.4 Å². The van der Waals surface area contributed by atoms with Gasteiger partial charge < -0.3 is 14.5 Å². The number of piperazine rings is 1. The minimum absolute atomic E-state index is 0.0848. The van der Waals surface area contributed by atoms with Crippen molar-refractivity contribution in [1.82, 2.24) is 9.88 Å². The van der Waals surface area contributed by atoms with E-state index in [1.165, 1.54) is 19.4 Å². The SMILES string of the molecule is COc1ccc(C(=O)N2CCN(c3ccccc3[N+](=O)[O-])CC2)cn1. The van der Waals surface area contributed by atoms with Gasteiger partial charge in [0.15, 0.2) is 0 Å². The second-order valence-electron chi connectivity index (χ2n) is 5.61. The second kappa shape index (κ2) is 7.16. The highest BCUT2D eigenvalue weighted by atomic mass is 16.6. The molecule has 2 heterocycles. The number of amides is 1. The summed E-state index contributed by atoms with van der Waals surface area (Å²) >= 11 is 0. The van der Waals surface area contributed by atoms with Crippen LogP contribution in [0.25, 0.3) is 0 Å². The van der Waals surface area contributed by atoms with Gasteiger partial charge in [0.05, 0.1) is 17.6 Å². The van der Waals surface area contributed by atoms with Gasteiger partial charge in [0.25, 0.3) is 11.6 Å². The number of aromatic nitrogens is 1. The average molecular weight is 342 g/mol. The van der Waals surface area contributed by atoms with Crippen molar-refractivity contribution in [1.29, 1.82) is 0 Å². The summed E-state index contributed by atoms with van der Waals surface area (Å²) in [4.78, 5) is 31.0. The van der Waals surface area contributed by atoms with E-state index in [4.69, 9.17) is 4.74 Å². The molecule has 8 heteroatoms. The van der Waals surface area contributed by atoms with Gasteiger partial charge in [0.2, 0.25) is 5.88 Å². The first-order valence-electron chi connectivity index (χ1n) is 7.88. The molecule has 0 N–H and O–H groups in total. The molecule has 0 unspecified atom stereocenters. The lowest BCUT2D eigenvalue weighted by Gasteiger charge is -2.35. The third-order valence-corrected chi connectivity index (χ3v) is 4.18. The molecule has 0 saturated carbocycles. The lowest BCUT2D eigenvalue weighted by Crippen LogP contribution is -2.49. The number of nitro groups is 1. The molecule has 8 nitrogen and oxygen atoms in total. The highest BCUT2D eigenvalue weighted by Crippen LogP contribution is 2.28. The smallest absolute Gasteiger partial charge is 0.292 e. The van der Waals surface area contributed by atoms with E-state index < -0.39 is 0 Å². The Morgan fingerprint density at radius 2 is 1.88 bits per heavy atom. The zero-order valence-corrected chi connectivity index (χ0v) is 13.8. The highest BCUT2D eigenvalue weighted by Gasteiger charge is 2.26. The van der Waals surface area contributed by atoms with Gasteiger partial charge in [-0.1, -0.05) is 12.1 Å². The van der Waals surface area contributed by atoms with Crippen molar-refractivity contribution in [2.24, 2.45) is 0 Å². The van der Waals surface area contributed by atoms with Crippen molar-refractivity contribution < 1.29 is 14.5 Å². The molecule has 25 heavy (non-hydrogen) atoms. The highest BCUT2D eigenvalue weighted by molar-refractivity contribution is 5.94. The fourth-order valence-corrected chi connectivity index (χ4v) is 2.85. The van der Waals surface area contributed by atoms with Crippen LogP contribution in [0, 0.1) is 10.1 Å². The summed E-state index contributed by atoms with van der Waals surface area (Å²) in [6.45, 7) is 2.08. The van der Waals surface area contributed by atoms with Crippen molar-refractivity contribution in [3.63, 3.8) is 0 Å². The maximum atomic E-state index is 12.5. The minimum Gasteiger partial charge on any atom is -0.481 e. The molecular formula is C17H18N4O4. The van der Waals surface area contributed by atoms with E-state index in [1.54, 1.807) is 35.2 Å². The summed E-state index contributed by atoms with van der Waals surface area (Å²) in [5, 5.41) is 11.2. The summed E-state index contributed by atoms with van der Waals surface area (Å²) in [5.41, 5.74) is 1.17. The molecular weight excluding hydrogens is 324 g/mol. The molecule has 1 fully saturated rings. The monoisotopic (exact) mass is 342 g/mol. The number of nitro benzene ring substituents is 1. The van der Waals surface area contributed by atoms with Crippen LogP contribution in [-0.4, -0.2) is 54.0 Å². The number of nitrogens with zero attached hydrogens (tertiary/aromatic N) is 4. The molecule has 1 amide bonds. The van der Waals surface area contributed by atoms with Crippen LogP contribution in [0.4, 0.5) is 11.4 Å². The Bertz CT molecular complexity index is 770. The molecule has 0 atom stereocenters. The maximum Gasteiger partial charge on any atom is 0.292 e. The van der Waals surface area contributed by atoms with E-state index in [1.807, 2.05) is 4.90 Å². The van der Waals surface area contributed by atoms with Crippen LogP contribution in [-0.2, 0) is 0 Å². The van der Waals surface area contributed by atoms with E-state index in [2.05, 4.69) is 4.98 Å². The van der Waals surface area contributed by atoms with Crippen LogP contribution < -0.4 is 9.64 Å². The van der Waals surface area contributed by atoms with Crippen LogP contribution >= 0.6 is 0 Å². The lowest BCUT2D eigenvalue weighted by atomic mass is 10.2. The van der Waals surface area contributed by atoms with Crippen LogP contribution in [0.5, 0.6) is 5.88 Å². The zero-order chi connectivity index (χ0) is 17.8. The minimum atomic E-state index is -0.379. The Labute approximate surface area is 144 Å². The van der Waals surface area contributed by atoms with Gasteiger partial charge in [0, 0.05) is 44.5 Å². The average Bonchev–Trinajstić information content (AvgIpc) is 2.67. The molecule has 1 aromatic heterocycles. The predicted molar refractivity (Wildman–Crippen MR) is 92.0 cm³/mol. The largest absolute Gasteiger partial charge is 0.481 e. The van der Waals surface area contributed by atoms with Crippen molar-refractivity contribution >= 4 is 17.3 Å². The summed E-state index contributed by atoms with van der Waals surface area (Å²) in [6.07, 6.45) is 1.50. The van der Waals surface area contributed by atoms with Gasteiger partial charge in [0.1, 0.15) is 5.69 Å². The first-order chi connectivity index (χ1) is 12.1. The number of para-hydroxylation sites is 2. The number of anilines is 1. The molecule has 1 aliphatic heterocycles. The van der Waals surface area contributed by atoms with E-state index >= 15 is 0 Å². The number of hydrogen-bond acceptors (Lipinski definition) is 6. The summed E-state index contributed by atoms with van der Waals surface area (Å²) in [7, 11) is 1.52. The van der Waals surface area contributed by atoms with E-state index in [-0.39, 0.29) is 16.5 Å². The zero-order valence-electron chi connectivity index (χ0n) is 13.8. The number of carbonyl (C=O) groups is 1. The molecule has 1 aromatic carbocycles. The number of benzene rings is 1. The molecule has 2 aromatic rings. The lowest BCUT2D eigenvalue weighted by molar-refractivity contribution is -0.384. The third kappa shape index (κ3) is 3.52. The molecule has 0 aliphatic carbocycles. The Balaban J connectivity index is 1.67. The van der Waals surface area contributed by atoms with Gasteiger partial charge in [-0.3, -0.25) is 14.9 Å². The normalized spacial score (nSPS) is 14.3. The molecule has 130 valence electrons. The van der Waals surface area contributed by atoms with Gasteiger partial charge in [-0.2, -0.15) is 0 Å². The Morgan fingerprint density at radius 3 is 2.48 bits per heavy atom. The molecule has 0 spiro atoms. The van der Waals surface area contributed by atoms with E-state index in [0.29, 0.717) is 43.3 Å². The van der Waals surface area contributed by atoms with Crippen LogP contribution in [0.15, 0.2) is 42.6 Å². The number of hydrogen-bond donors (Lipinski definition) is 0. The van der Waals surface area contributed by atoms with Crippen molar-refractivity contribution in [2.75, 3.05) is 38.2 Å². The van der Waals surface area contributed by atoms with Crippen molar-refractivity contribution in [3.05, 3.63) is 58.3 Å². The second-order valence-corrected chi connectivity index (χ2v) is 5.61. The summed E-state index contributed by atoms with van der Waals surface area (Å²) in [5.74, 6) is 0.357. The Hall–Kier alpha value is -3.16. The fourth-order valence-electron chi connectivity index (χ4n) is 2.85. The molecule has 1 saturated heterocycles. The molecule has 3 rings (SSSR count). The number of ether oxygens (including phenoxy) is 1. The fraction of sp³-hybridized carbons (Fsp3) is 0.294. The first-order valence-corrected chi connectivity index (χ1v) is 7.88. The standard InChI is InChI=1S/C17H18N4O4/c1-25-16-7-6-13(12-18-16)17(22)20-10-8-19(9-11-20)14-4-2-3-5-15(14)21(23)24/h2-7,12H,8-11H2,1H3. The topological polar surface area (TPSA) is 88.8 Å². The van der Waals surface area contributed by atoms with Crippen LogP contribution in [0.3, 0.4) is 0 Å². The Kier molecular flexibility index (Phi) is 4.78. The van der Waals surface area contributed by atoms with Crippen molar-refractivity contribution in [2.45, 2.75) is 0 Å². The molecule has 0 radical (unpaired) electrons. The van der Waals surface area contributed by atoms with Crippen molar-refractivity contribution in [3.8, 4) is 5.88 Å². The molecule has 1 aliphatic rings. The number of methoxy groups -OCH3 is 1. The quantitative estimate of drug-likeness (QED) is 0.623. The van der Waals surface area contributed by atoms with Gasteiger partial charge in [-0.15, -0.1) is 0 Å². The van der Waals surface area contributed by atoms with Gasteiger partial charge in [-0.05, 0) is 12.1 Å². The van der Waals surface area contributed by atoms with E-state index in [9.17, 15) is 14.9 Å². The summed E-state index contributed by atoms with van der Waals surface area (Å²) in [6, 6.07) is 10.00. The van der Waals surface area contributed by atoms with Gasteiger partial charge >= 0.3 is 0 Å². The first kappa shape index (κ1) is 16.7. The van der Waals surface area contributed by atoms with Crippen LogP contribution in [0.2, 0.25) is 0 Å². The third-order valence-electron chi connectivity index (χ3n) is 4.18. The Morgan fingerprint density at radius 1 is 1.16 bits per heavy atom. The number of carbonyl (C=O) groups excluding carboxylic acids is 1. The van der Waals surface area contributed by atoms with E-state index in [0.717, 1.165) is 0 Å².